The second-order valence-electron chi connectivity index (χ2n) is 4.36. The lowest BCUT2D eigenvalue weighted by atomic mass is 10.1. The molecule has 0 saturated carbocycles. The molecular weight excluding hydrogens is 278 g/mol. The number of para-hydroxylation sites is 1. The van der Waals surface area contributed by atoms with Crippen LogP contribution < -0.4 is 4.90 Å². The number of carboxylic acids is 1. The van der Waals surface area contributed by atoms with Crippen LogP contribution in [-0.2, 0) is 11.3 Å². The summed E-state index contributed by atoms with van der Waals surface area (Å²) in [6.07, 6.45) is 0. The SMILES string of the molecule is O=C(O)CN(Cc1ccccc1O)c1cccc(Cl)c1. The fourth-order valence-electron chi connectivity index (χ4n) is 1.92. The highest BCUT2D eigenvalue weighted by Gasteiger charge is 2.13. The average Bonchev–Trinajstić information content (AvgIpc) is 2.40. The number of benzene rings is 2. The van der Waals surface area contributed by atoms with Crippen molar-refractivity contribution < 1.29 is 15.0 Å². The summed E-state index contributed by atoms with van der Waals surface area (Å²) in [5.74, 6) is -0.801. The van der Waals surface area contributed by atoms with Crippen molar-refractivity contribution in [2.75, 3.05) is 11.4 Å². The first-order valence-corrected chi connectivity index (χ1v) is 6.43. The zero-order chi connectivity index (χ0) is 14.5. The number of phenolic OH excluding ortho intramolecular Hbond substituents is 1. The van der Waals surface area contributed by atoms with Crippen LogP contribution in [0.4, 0.5) is 5.69 Å². The van der Waals surface area contributed by atoms with E-state index in [9.17, 15) is 9.90 Å². The summed E-state index contributed by atoms with van der Waals surface area (Å²) in [7, 11) is 0. The Balaban J connectivity index is 2.29. The fraction of sp³-hybridized carbons (Fsp3) is 0.133. The second-order valence-corrected chi connectivity index (χ2v) is 4.79. The lowest BCUT2D eigenvalue weighted by molar-refractivity contribution is -0.135. The maximum absolute atomic E-state index is 11.0. The maximum atomic E-state index is 11.0. The number of halogens is 1. The molecule has 0 aromatic heterocycles. The van der Waals surface area contributed by atoms with E-state index in [1.807, 2.05) is 0 Å². The van der Waals surface area contributed by atoms with Crippen molar-refractivity contribution in [2.45, 2.75) is 6.54 Å². The van der Waals surface area contributed by atoms with Gasteiger partial charge in [0, 0.05) is 22.8 Å². The van der Waals surface area contributed by atoms with Gasteiger partial charge in [0.05, 0.1) is 0 Å². The van der Waals surface area contributed by atoms with Gasteiger partial charge in [-0.2, -0.15) is 0 Å². The van der Waals surface area contributed by atoms with Gasteiger partial charge >= 0.3 is 5.97 Å². The molecule has 104 valence electrons. The molecule has 0 saturated heterocycles. The first kappa shape index (κ1) is 14.2. The maximum Gasteiger partial charge on any atom is 0.323 e. The molecule has 0 bridgehead atoms. The van der Waals surface area contributed by atoms with E-state index in [0.29, 0.717) is 22.8 Å². The monoisotopic (exact) mass is 291 g/mol. The van der Waals surface area contributed by atoms with E-state index in [-0.39, 0.29) is 12.3 Å². The smallest absolute Gasteiger partial charge is 0.323 e. The molecule has 0 unspecified atom stereocenters. The molecule has 0 amide bonds. The number of anilines is 1. The lowest BCUT2D eigenvalue weighted by Gasteiger charge is -2.23. The van der Waals surface area contributed by atoms with Gasteiger partial charge in [-0.05, 0) is 24.3 Å². The van der Waals surface area contributed by atoms with Gasteiger partial charge in [0.25, 0.3) is 0 Å². The molecule has 0 aliphatic heterocycles. The van der Waals surface area contributed by atoms with Crippen LogP contribution in [0, 0.1) is 0 Å². The van der Waals surface area contributed by atoms with Crippen molar-refractivity contribution in [3.63, 3.8) is 0 Å². The third-order valence-corrected chi connectivity index (χ3v) is 3.09. The largest absolute Gasteiger partial charge is 0.508 e. The van der Waals surface area contributed by atoms with Gasteiger partial charge < -0.3 is 15.1 Å². The molecule has 0 radical (unpaired) electrons. The fourth-order valence-corrected chi connectivity index (χ4v) is 2.11. The van der Waals surface area contributed by atoms with Crippen LogP contribution in [0.1, 0.15) is 5.56 Å². The van der Waals surface area contributed by atoms with E-state index in [4.69, 9.17) is 16.7 Å². The van der Waals surface area contributed by atoms with Crippen LogP contribution in [0.2, 0.25) is 5.02 Å². The minimum absolute atomic E-state index is 0.143. The number of hydrogen-bond acceptors (Lipinski definition) is 3. The summed E-state index contributed by atoms with van der Waals surface area (Å²) in [5.41, 5.74) is 1.36. The number of carboxylic acid groups (broad SMARTS) is 1. The second kappa shape index (κ2) is 6.30. The van der Waals surface area contributed by atoms with Crippen molar-refractivity contribution in [1.82, 2.24) is 0 Å². The molecule has 0 fully saturated rings. The van der Waals surface area contributed by atoms with Gasteiger partial charge in [-0.25, -0.2) is 0 Å². The van der Waals surface area contributed by atoms with E-state index in [2.05, 4.69) is 0 Å². The highest BCUT2D eigenvalue weighted by atomic mass is 35.5. The Kier molecular flexibility index (Phi) is 4.48. The molecule has 0 heterocycles. The Labute approximate surface area is 121 Å². The molecule has 5 heteroatoms. The van der Waals surface area contributed by atoms with Crippen LogP contribution in [0.3, 0.4) is 0 Å². The number of phenols is 1. The molecular formula is C15H14ClNO3. The zero-order valence-corrected chi connectivity index (χ0v) is 11.4. The Hall–Kier alpha value is -2.20. The van der Waals surface area contributed by atoms with Crippen LogP contribution in [0.5, 0.6) is 5.75 Å². The Bertz CT molecular complexity index is 616. The minimum Gasteiger partial charge on any atom is -0.508 e. The van der Waals surface area contributed by atoms with Crippen molar-refractivity contribution in [3.05, 3.63) is 59.1 Å². The molecule has 0 atom stereocenters. The van der Waals surface area contributed by atoms with Gasteiger partial charge in [0.2, 0.25) is 0 Å². The predicted octanol–water partition coefficient (Wildman–Crippen LogP) is 3.14. The minimum atomic E-state index is -0.944. The number of hydrogen-bond donors (Lipinski definition) is 2. The summed E-state index contributed by atoms with van der Waals surface area (Å²) in [4.78, 5) is 12.6. The molecule has 2 aromatic carbocycles. The predicted molar refractivity (Wildman–Crippen MR) is 78.2 cm³/mol. The third kappa shape index (κ3) is 3.65. The Morgan fingerprint density at radius 1 is 1.15 bits per heavy atom. The molecule has 0 aliphatic rings. The van der Waals surface area contributed by atoms with Gasteiger partial charge in [0.15, 0.2) is 0 Å². The Morgan fingerprint density at radius 3 is 2.55 bits per heavy atom. The number of carbonyl (C=O) groups is 1. The van der Waals surface area contributed by atoms with Crippen molar-refractivity contribution in [2.24, 2.45) is 0 Å². The van der Waals surface area contributed by atoms with Crippen LogP contribution >= 0.6 is 11.6 Å². The molecule has 0 spiro atoms. The van der Waals surface area contributed by atoms with Crippen LogP contribution in [0.15, 0.2) is 48.5 Å². The number of aromatic hydroxyl groups is 1. The number of aliphatic carboxylic acids is 1. The van der Waals surface area contributed by atoms with E-state index < -0.39 is 5.97 Å². The van der Waals surface area contributed by atoms with E-state index >= 15 is 0 Å². The quantitative estimate of drug-likeness (QED) is 0.888. The zero-order valence-electron chi connectivity index (χ0n) is 10.7. The summed E-state index contributed by atoms with van der Waals surface area (Å²) in [6.45, 7) is 0.119. The van der Waals surface area contributed by atoms with Crippen molar-refractivity contribution in [3.8, 4) is 5.75 Å². The van der Waals surface area contributed by atoms with Crippen LogP contribution in [0.25, 0.3) is 0 Å². The molecule has 20 heavy (non-hydrogen) atoms. The lowest BCUT2D eigenvalue weighted by Crippen LogP contribution is -2.29. The first-order chi connectivity index (χ1) is 9.56. The van der Waals surface area contributed by atoms with Crippen LogP contribution in [-0.4, -0.2) is 22.7 Å². The van der Waals surface area contributed by atoms with E-state index in [1.54, 1.807) is 53.4 Å². The number of nitrogens with zero attached hydrogens (tertiary/aromatic N) is 1. The first-order valence-electron chi connectivity index (χ1n) is 6.05. The summed E-state index contributed by atoms with van der Waals surface area (Å²) < 4.78 is 0. The molecule has 2 rings (SSSR count). The molecule has 2 aromatic rings. The molecule has 0 aliphatic carbocycles. The third-order valence-electron chi connectivity index (χ3n) is 2.85. The highest BCUT2D eigenvalue weighted by molar-refractivity contribution is 6.30. The Morgan fingerprint density at radius 2 is 1.90 bits per heavy atom. The van der Waals surface area contributed by atoms with Gasteiger partial charge in [-0.15, -0.1) is 0 Å². The normalized spacial score (nSPS) is 10.2. The number of rotatable bonds is 5. The average molecular weight is 292 g/mol. The summed E-state index contributed by atoms with van der Waals surface area (Å²) in [6, 6.07) is 13.8. The standard InChI is InChI=1S/C15H14ClNO3/c16-12-5-3-6-13(8-12)17(10-15(19)20)9-11-4-1-2-7-14(11)18/h1-8,18H,9-10H2,(H,19,20). The van der Waals surface area contributed by atoms with Gasteiger partial charge in [-0.3, -0.25) is 4.79 Å². The van der Waals surface area contributed by atoms with E-state index in [1.165, 1.54) is 0 Å². The van der Waals surface area contributed by atoms with Crippen molar-refractivity contribution in [1.29, 1.82) is 0 Å². The van der Waals surface area contributed by atoms with E-state index in [0.717, 1.165) is 0 Å². The highest BCUT2D eigenvalue weighted by Crippen LogP contribution is 2.24. The van der Waals surface area contributed by atoms with Gasteiger partial charge in [-0.1, -0.05) is 35.9 Å². The van der Waals surface area contributed by atoms with Gasteiger partial charge in [0.1, 0.15) is 12.3 Å². The molecule has 2 N–H and O–H groups in total. The summed E-state index contributed by atoms with van der Waals surface area (Å²) in [5, 5.41) is 19.4. The summed E-state index contributed by atoms with van der Waals surface area (Å²) >= 11 is 5.94. The topological polar surface area (TPSA) is 60.8 Å². The van der Waals surface area contributed by atoms with Crippen molar-refractivity contribution >= 4 is 23.3 Å². The molecule has 4 nitrogen and oxygen atoms in total.